The summed E-state index contributed by atoms with van der Waals surface area (Å²) < 4.78 is 33.7. The average Bonchev–Trinajstić information content (AvgIpc) is 3.37. The van der Waals surface area contributed by atoms with E-state index in [-0.39, 0.29) is 11.7 Å². The molecule has 1 amide bonds. The number of hydrogen-bond donors (Lipinski definition) is 4. The van der Waals surface area contributed by atoms with Crippen LogP contribution in [0.4, 0.5) is 8.78 Å². The summed E-state index contributed by atoms with van der Waals surface area (Å²) in [4.78, 5) is 13.4. The molecule has 0 aromatic heterocycles. The summed E-state index contributed by atoms with van der Waals surface area (Å²) in [5.74, 6) is -1.89. The van der Waals surface area contributed by atoms with E-state index >= 15 is 0 Å². The highest BCUT2D eigenvalue weighted by Gasteiger charge is 2.39. The van der Waals surface area contributed by atoms with Crippen LogP contribution < -0.4 is 16.4 Å². The van der Waals surface area contributed by atoms with Gasteiger partial charge in [-0.2, -0.15) is 0 Å². The van der Waals surface area contributed by atoms with Gasteiger partial charge in [-0.1, -0.05) is 44.0 Å². The number of carbonyl (C=O) groups is 1. The standard InChI is InChI=1S/C30H38F2N4O2/c1-2-20(9-14-25-18-35-19-30(38-25)15-3-4-16-30)26(17-33)36-29(37)28(34)27(21-5-10-23(31)11-6-21)22-7-12-24(32)13-8-22/h5-8,10-13,17,25,27-28,33,35H,2-4,9,14-16,18-19,34H2,1H3,(H,36,37)/b26-20-,33-17?/t25-,28+/m1/s1. The lowest BCUT2D eigenvalue weighted by molar-refractivity contribution is -0.121. The lowest BCUT2D eigenvalue weighted by atomic mass is 9.85. The fraction of sp³-hybridized carbons (Fsp3) is 0.467. The molecular formula is C30H38F2N4O2. The van der Waals surface area contributed by atoms with E-state index in [1.54, 1.807) is 24.3 Å². The van der Waals surface area contributed by atoms with Gasteiger partial charge in [0, 0.05) is 25.2 Å². The molecule has 2 aromatic carbocycles. The largest absolute Gasteiger partial charge is 0.369 e. The molecule has 38 heavy (non-hydrogen) atoms. The zero-order chi connectivity index (χ0) is 27.1. The maximum absolute atomic E-state index is 13.6. The topological polar surface area (TPSA) is 100 Å². The van der Waals surface area contributed by atoms with E-state index in [0.29, 0.717) is 29.7 Å². The highest BCUT2D eigenvalue weighted by atomic mass is 19.1. The molecule has 1 heterocycles. The van der Waals surface area contributed by atoms with Crippen LogP contribution in [0.5, 0.6) is 0 Å². The second-order valence-electron chi connectivity index (χ2n) is 10.4. The number of morpholine rings is 1. The van der Waals surface area contributed by atoms with E-state index in [1.165, 1.54) is 37.1 Å². The minimum Gasteiger partial charge on any atom is -0.369 e. The van der Waals surface area contributed by atoms with Gasteiger partial charge in [-0.15, -0.1) is 0 Å². The molecule has 0 unspecified atom stereocenters. The predicted molar refractivity (Wildman–Crippen MR) is 145 cm³/mol. The average molecular weight is 525 g/mol. The first kappa shape index (κ1) is 28.1. The summed E-state index contributed by atoms with van der Waals surface area (Å²) >= 11 is 0. The van der Waals surface area contributed by atoms with Crippen LogP contribution in [-0.4, -0.2) is 43.0 Å². The van der Waals surface area contributed by atoms with Crippen LogP contribution in [0.15, 0.2) is 59.8 Å². The Morgan fingerprint density at radius 3 is 2.24 bits per heavy atom. The molecule has 1 saturated carbocycles. The van der Waals surface area contributed by atoms with Crippen molar-refractivity contribution in [1.82, 2.24) is 10.6 Å². The number of nitrogens with two attached hydrogens (primary N) is 1. The number of allylic oxidation sites excluding steroid dienone is 2. The number of rotatable bonds is 10. The Bertz CT molecular complexity index is 1080. The van der Waals surface area contributed by atoms with E-state index in [4.69, 9.17) is 15.9 Å². The minimum atomic E-state index is -1.05. The summed E-state index contributed by atoms with van der Waals surface area (Å²) in [6, 6.07) is 10.5. The Hall–Kier alpha value is -2.94. The second-order valence-corrected chi connectivity index (χ2v) is 10.4. The molecule has 0 bridgehead atoms. The normalized spacial score (nSPS) is 20.3. The van der Waals surface area contributed by atoms with Crippen LogP contribution in [-0.2, 0) is 9.53 Å². The maximum Gasteiger partial charge on any atom is 0.242 e. The monoisotopic (exact) mass is 524 g/mol. The third-order valence-electron chi connectivity index (χ3n) is 7.85. The van der Waals surface area contributed by atoms with Crippen molar-refractivity contribution >= 4 is 12.1 Å². The highest BCUT2D eigenvalue weighted by molar-refractivity contribution is 5.91. The quantitative estimate of drug-likeness (QED) is 0.331. The van der Waals surface area contributed by atoms with Gasteiger partial charge in [0.05, 0.1) is 23.4 Å². The van der Waals surface area contributed by atoms with Crippen LogP contribution >= 0.6 is 0 Å². The van der Waals surface area contributed by atoms with Crippen molar-refractivity contribution in [3.8, 4) is 0 Å². The first-order valence-corrected chi connectivity index (χ1v) is 13.5. The van der Waals surface area contributed by atoms with Crippen LogP contribution in [0.2, 0.25) is 0 Å². The third-order valence-corrected chi connectivity index (χ3v) is 7.85. The summed E-state index contributed by atoms with van der Waals surface area (Å²) in [5.41, 5.74) is 9.10. The number of carbonyl (C=O) groups excluding carboxylic acids is 1. The summed E-state index contributed by atoms with van der Waals surface area (Å²) in [7, 11) is 0. The molecule has 2 aromatic rings. The zero-order valence-corrected chi connectivity index (χ0v) is 21.9. The van der Waals surface area contributed by atoms with Crippen molar-refractivity contribution in [2.24, 2.45) is 5.73 Å². The fourth-order valence-electron chi connectivity index (χ4n) is 5.75. The smallest absolute Gasteiger partial charge is 0.242 e. The van der Waals surface area contributed by atoms with Gasteiger partial charge in [-0.25, -0.2) is 8.78 Å². The molecule has 6 nitrogen and oxygen atoms in total. The third kappa shape index (κ3) is 6.73. The minimum absolute atomic E-state index is 0.0416. The lowest BCUT2D eigenvalue weighted by Crippen LogP contribution is -2.52. The Labute approximate surface area is 223 Å². The van der Waals surface area contributed by atoms with Gasteiger partial charge in [0.1, 0.15) is 11.6 Å². The molecule has 1 spiro atoms. The lowest BCUT2D eigenvalue weighted by Gasteiger charge is -2.39. The van der Waals surface area contributed by atoms with E-state index < -0.39 is 29.5 Å². The van der Waals surface area contributed by atoms with E-state index in [2.05, 4.69) is 10.6 Å². The van der Waals surface area contributed by atoms with Crippen molar-refractivity contribution in [2.75, 3.05) is 13.1 Å². The molecule has 8 heteroatoms. The molecule has 2 atom stereocenters. The summed E-state index contributed by atoms with van der Waals surface area (Å²) in [6.07, 6.45) is 8.01. The van der Waals surface area contributed by atoms with Gasteiger partial charge in [0.15, 0.2) is 0 Å². The molecule has 0 radical (unpaired) electrons. The van der Waals surface area contributed by atoms with Crippen molar-refractivity contribution in [2.45, 2.75) is 75.5 Å². The van der Waals surface area contributed by atoms with Crippen molar-refractivity contribution in [3.05, 3.63) is 82.6 Å². The van der Waals surface area contributed by atoms with E-state index in [1.807, 2.05) is 6.92 Å². The molecular weight excluding hydrogens is 486 g/mol. The first-order chi connectivity index (χ1) is 18.3. The maximum atomic E-state index is 13.6. The van der Waals surface area contributed by atoms with Crippen LogP contribution in [0.3, 0.4) is 0 Å². The Balaban J connectivity index is 1.48. The van der Waals surface area contributed by atoms with Gasteiger partial charge in [0.2, 0.25) is 5.91 Å². The van der Waals surface area contributed by atoms with Gasteiger partial charge in [0.25, 0.3) is 0 Å². The predicted octanol–water partition coefficient (Wildman–Crippen LogP) is 4.94. The van der Waals surface area contributed by atoms with Gasteiger partial charge >= 0.3 is 0 Å². The Morgan fingerprint density at radius 1 is 1.13 bits per heavy atom. The second kappa shape index (κ2) is 12.7. The molecule has 1 aliphatic heterocycles. The van der Waals surface area contributed by atoms with Gasteiger partial charge < -0.3 is 26.5 Å². The molecule has 204 valence electrons. The first-order valence-electron chi connectivity index (χ1n) is 13.5. The van der Waals surface area contributed by atoms with E-state index in [9.17, 15) is 13.6 Å². The van der Waals surface area contributed by atoms with Crippen LogP contribution in [0.25, 0.3) is 0 Å². The van der Waals surface area contributed by atoms with Crippen LogP contribution in [0.1, 0.15) is 68.9 Å². The number of hydrogen-bond acceptors (Lipinski definition) is 5. The molecule has 2 fully saturated rings. The number of benzene rings is 2. The number of halogens is 2. The SMILES string of the molecule is CC/C(CC[C@@H]1CNCC2(CCCC2)O1)=C(\C=N)NC(=O)[C@@H](N)C(c1ccc(F)cc1)c1ccc(F)cc1. The van der Waals surface area contributed by atoms with Crippen molar-refractivity contribution < 1.29 is 18.3 Å². The highest BCUT2D eigenvalue weighted by Crippen LogP contribution is 2.36. The molecule has 2 aliphatic rings. The Morgan fingerprint density at radius 2 is 1.71 bits per heavy atom. The summed E-state index contributed by atoms with van der Waals surface area (Å²) in [5, 5.41) is 14.4. The summed E-state index contributed by atoms with van der Waals surface area (Å²) in [6.45, 7) is 3.71. The zero-order valence-electron chi connectivity index (χ0n) is 21.9. The van der Waals surface area contributed by atoms with E-state index in [0.717, 1.165) is 44.1 Å². The molecule has 4 rings (SSSR count). The van der Waals surface area contributed by atoms with Gasteiger partial charge in [-0.3, -0.25) is 4.79 Å². The molecule has 5 N–H and O–H groups in total. The number of amides is 1. The molecule has 1 saturated heterocycles. The van der Waals surface area contributed by atoms with Crippen molar-refractivity contribution in [3.63, 3.8) is 0 Å². The van der Waals surface area contributed by atoms with Gasteiger partial charge in [-0.05, 0) is 73.1 Å². The van der Waals surface area contributed by atoms with Crippen molar-refractivity contribution in [1.29, 1.82) is 5.41 Å². The number of ether oxygens (including phenoxy) is 1. The fourth-order valence-corrected chi connectivity index (χ4v) is 5.75. The van der Waals surface area contributed by atoms with Crippen LogP contribution in [0, 0.1) is 17.0 Å². The molecule has 1 aliphatic carbocycles. The Kier molecular flexibility index (Phi) is 9.41. The number of nitrogens with one attached hydrogen (secondary N) is 3.